The van der Waals surface area contributed by atoms with Gasteiger partial charge in [-0.3, -0.25) is 0 Å². The van der Waals surface area contributed by atoms with Crippen LogP contribution in [-0.4, -0.2) is 20.5 Å². The zero-order valence-electron chi connectivity index (χ0n) is 10.5. The van der Waals surface area contributed by atoms with E-state index in [-0.39, 0.29) is 11.4 Å². The van der Waals surface area contributed by atoms with E-state index >= 15 is 0 Å². The number of halogens is 1. The standard InChI is InChI=1S/C15H11FN2O2/c16-11-4-1-3-10(7-11)8-14-17-9-13-12(15(19)20)5-2-6-18(13)14/h1-7,9H,8H2,(H,19,20). The highest BCUT2D eigenvalue weighted by molar-refractivity contribution is 5.95. The monoisotopic (exact) mass is 270 g/mol. The summed E-state index contributed by atoms with van der Waals surface area (Å²) in [5.74, 6) is -0.615. The lowest BCUT2D eigenvalue weighted by atomic mass is 10.1. The van der Waals surface area contributed by atoms with Crippen LogP contribution in [0.2, 0.25) is 0 Å². The van der Waals surface area contributed by atoms with Crippen molar-refractivity contribution in [2.45, 2.75) is 6.42 Å². The first-order chi connectivity index (χ1) is 9.65. The summed E-state index contributed by atoms with van der Waals surface area (Å²) in [6.45, 7) is 0. The minimum absolute atomic E-state index is 0.200. The molecule has 5 heteroatoms. The fourth-order valence-corrected chi connectivity index (χ4v) is 2.22. The van der Waals surface area contributed by atoms with E-state index in [1.807, 2.05) is 6.07 Å². The number of pyridine rings is 1. The van der Waals surface area contributed by atoms with Crippen LogP contribution in [0, 0.1) is 5.82 Å². The quantitative estimate of drug-likeness (QED) is 0.796. The molecule has 0 atom stereocenters. The van der Waals surface area contributed by atoms with Gasteiger partial charge in [0.2, 0.25) is 0 Å². The molecule has 0 amide bonds. The van der Waals surface area contributed by atoms with E-state index < -0.39 is 5.97 Å². The molecule has 3 rings (SSSR count). The molecule has 0 saturated carbocycles. The number of imidazole rings is 1. The number of hydrogen-bond donors (Lipinski definition) is 1. The van der Waals surface area contributed by atoms with Crippen molar-refractivity contribution in [2.75, 3.05) is 0 Å². The molecule has 0 aliphatic rings. The third-order valence-electron chi connectivity index (χ3n) is 3.13. The Morgan fingerprint density at radius 1 is 1.30 bits per heavy atom. The smallest absolute Gasteiger partial charge is 0.337 e. The van der Waals surface area contributed by atoms with Crippen molar-refractivity contribution in [2.24, 2.45) is 0 Å². The molecule has 0 aliphatic heterocycles. The minimum atomic E-state index is -0.993. The van der Waals surface area contributed by atoms with Gasteiger partial charge >= 0.3 is 5.97 Å². The van der Waals surface area contributed by atoms with Crippen LogP contribution in [0.25, 0.3) is 5.52 Å². The first-order valence-electron chi connectivity index (χ1n) is 6.08. The molecule has 0 aliphatic carbocycles. The van der Waals surface area contributed by atoms with Gasteiger partial charge in [-0.1, -0.05) is 12.1 Å². The highest BCUT2D eigenvalue weighted by atomic mass is 19.1. The molecule has 20 heavy (non-hydrogen) atoms. The number of nitrogens with zero attached hydrogens (tertiary/aromatic N) is 2. The summed E-state index contributed by atoms with van der Waals surface area (Å²) in [5, 5.41) is 9.13. The maximum absolute atomic E-state index is 13.2. The third kappa shape index (κ3) is 2.14. The van der Waals surface area contributed by atoms with Crippen molar-refractivity contribution in [3.63, 3.8) is 0 Å². The number of carboxylic acid groups (broad SMARTS) is 1. The van der Waals surface area contributed by atoms with Gasteiger partial charge in [0.1, 0.15) is 11.6 Å². The van der Waals surface area contributed by atoms with Crippen molar-refractivity contribution in [3.05, 3.63) is 71.6 Å². The molecule has 2 aromatic heterocycles. The second-order valence-corrected chi connectivity index (χ2v) is 4.46. The fraction of sp³-hybridized carbons (Fsp3) is 0.0667. The number of benzene rings is 1. The van der Waals surface area contributed by atoms with Gasteiger partial charge in [0, 0.05) is 12.6 Å². The second-order valence-electron chi connectivity index (χ2n) is 4.46. The summed E-state index contributed by atoms with van der Waals surface area (Å²) in [4.78, 5) is 15.4. The molecule has 1 N–H and O–H groups in total. The van der Waals surface area contributed by atoms with Crippen LogP contribution in [0.4, 0.5) is 4.39 Å². The van der Waals surface area contributed by atoms with E-state index in [9.17, 15) is 9.18 Å². The number of aromatic nitrogens is 2. The zero-order valence-corrected chi connectivity index (χ0v) is 10.5. The second kappa shape index (κ2) is 4.77. The van der Waals surface area contributed by atoms with Crippen molar-refractivity contribution in [1.29, 1.82) is 0 Å². The van der Waals surface area contributed by atoms with Crippen molar-refractivity contribution in [3.8, 4) is 0 Å². The normalized spacial score (nSPS) is 10.8. The van der Waals surface area contributed by atoms with E-state index in [0.29, 0.717) is 17.8 Å². The summed E-state index contributed by atoms with van der Waals surface area (Å²) in [6.07, 6.45) is 3.72. The Hall–Kier alpha value is -2.69. The number of hydrogen-bond acceptors (Lipinski definition) is 2. The molecule has 0 bridgehead atoms. The molecule has 1 aromatic carbocycles. The maximum Gasteiger partial charge on any atom is 0.337 e. The topological polar surface area (TPSA) is 54.6 Å². The molecule has 0 spiro atoms. The predicted molar refractivity (Wildman–Crippen MR) is 71.4 cm³/mol. The van der Waals surface area contributed by atoms with E-state index in [0.717, 1.165) is 5.56 Å². The molecule has 0 fully saturated rings. The first-order valence-corrected chi connectivity index (χ1v) is 6.08. The summed E-state index contributed by atoms with van der Waals surface area (Å²) in [6, 6.07) is 9.48. The lowest BCUT2D eigenvalue weighted by Crippen LogP contribution is -2.01. The zero-order chi connectivity index (χ0) is 14.1. The Labute approximate surface area is 114 Å². The largest absolute Gasteiger partial charge is 0.478 e. The maximum atomic E-state index is 13.2. The minimum Gasteiger partial charge on any atom is -0.478 e. The van der Waals surface area contributed by atoms with Crippen LogP contribution in [0.5, 0.6) is 0 Å². The Bertz CT molecular complexity index is 795. The van der Waals surface area contributed by atoms with Crippen molar-refractivity contribution >= 4 is 11.5 Å². The molecule has 4 nitrogen and oxygen atoms in total. The molecular formula is C15H11FN2O2. The highest BCUT2D eigenvalue weighted by Crippen LogP contribution is 2.16. The molecule has 2 heterocycles. The van der Waals surface area contributed by atoms with Gasteiger partial charge in [0.25, 0.3) is 0 Å². The van der Waals surface area contributed by atoms with Gasteiger partial charge in [-0.15, -0.1) is 0 Å². The summed E-state index contributed by atoms with van der Waals surface area (Å²) >= 11 is 0. The van der Waals surface area contributed by atoms with Crippen molar-refractivity contribution in [1.82, 2.24) is 9.38 Å². The van der Waals surface area contributed by atoms with Gasteiger partial charge in [-0.05, 0) is 29.8 Å². The predicted octanol–water partition coefficient (Wildman–Crippen LogP) is 2.76. The van der Waals surface area contributed by atoms with Gasteiger partial charge in [-0.2, -0.15) is 0 Å². The number of fused-ring (bicyclic) bond motifs is 1. The van der Waals surface area contributed by atoms with Gasteiger partial charge in [0.05, 0.1) is 17.3 Å². The van der Waals surface area contributed by atoms with Gasteiger partial charge < -0.3 is 9.51 Å². The fourth-order valence-electron chi connectivity index (χ4n) is 2.22. The first kappa shape index (κ1) is 12.3. The van der Waals surface area contributed by atoms with E-state index in [4.69, 9.17) is 5.11 Å². The molecule has 0 radical (unpaired) electrons. The number of carboxylic acids is 1. The van der Waals surface area contributed by atoms with Gasteiger partial charge in [0.15, 0.2) is 0 Å². The average Bonchev–Trinajstić information content (AvgIpc) is 2.82. The average molecular weight is 270 g/mol. The van der Waals surface area contributed by atoms with E-state index in [1.54, 1.807) is 22.7 Å². The SMILES string of the molecule is O=C(O)c1cccn2c(Cc3cccc(F)c3)ncc12. The van der Waals surface area contributed by atoms with Crippen LogP contribution in [0.1, 0.15) is 21.7 Å². The Balaban J connectivity index is 2.05. The molecule has 0 unspecified atom stereocenters. The Kier molecular flexibility index (Phi) is 2.95. The summed E-state index contributed by atoms with van der Waals surface area (Å²) in [7, 11) is 0. The van der Waals surface area contributed by atoms with Crippen molar-refractivity contribution < 1.29 is 14.3 Å². The van der Waals surface area contributed by atoms with Crippen LogP contribution in [-0.2, 0) is 6.42 Å². The molecular weight excluding hydrogens is 259 g/mol. The van der Waals surface area contributed by atoms with E-state index in [2.05, 4.69) is 4.98 Å². The van der Waals surface area contributed by atoms with Crippen LogP contribution in [0.15, 0.2) is 48.8 Å². The van der Waals surface area contributed by atoms with E-state index in [1.165, 1.54) is 24.4 Å². The lowest BCUT2D eigenvalue weighted by Gasteiger charge is -2.03. The Morgan fingerprint density at radius 2 is 2.15 bits per heavy atom. The lowest BCUT2D eigenvalue weighted by molar-refractivity contribution is 0.0698. The summed E-state index contributed by atoms with van der Waals surface area (Å²) < 4.78 is 14.9. The van der Waals surface area contributed by atoms with Crippen LogP contribution in [0.3, 0.4) is 0 Å². The number of carbonyl (C=O) groups is 1. The number of aromatic carboxylic acids is 1. The van der Waals surface area contributed by atoms with Crippen LogP contribution >= 0.6 is 0 Å². The Morgan fingerprint density at radius 3 is 2.90 bits per heavy atom. The highest BCUT2D eigenvalue weighted by Gasteiger charge is 2.12. The number of rotatable bonds is 3. The van der Waals surface area contributed by atoms with Gasteiger partial charge in [-0.25, -0.2) is 14.2 Å². The summed E-state index contributed by atoms with van der Waals surface area (Å²) in [5.41, 5.74) is 1.52. The van der Waals surface area contributed by atoms with Crippen LogP contribution < -0.4 is 0 Å². The molecule has 3 aromatic rings. The third-order valence-corrected chi connectivity index (χ3v) is 3.13. The molecule has 100 valence electrons. The molecule has 0 saturated heterocycles.